The first-order valence-electron chi connectivity index (χ1n) is 6.21. The summed E-state index contributed by atoms with van der Waals surface area (Å²) in [5, 5.41) is 9.08. The summed E-state index contributed by atoms with van der Waals surface area (Å²) in [6.07, 6.45) is -3.42. The average Bonchev–Trinajstić information content (AvgIpc) is 2.66. The second-order valence-electron chi connectivity index (χ2n) is 5.18. The Morgan fingerprint density at radius 3 is 2.47 bits per heavy atom. The van der Waals surface area contributed by atoms with Crippen LogP contribution in [0.3, 0.4) is 0 Å². The van der Waals surface area contributed by atoms with Gasteiger partial charge in [0.05, 0.1) is 16.8 Å². The van der Waals surface area contributed by atoms with E-state index in [4.69, 9.17) is 5.26 Å². The molecule has 0 bridgehead atoms. The van der Waals surface area contributed by atoms with Crippen LogP contribution in [-0.2, 0) is 6.18 Å². The van der Waals surface area contributed by atoms with Crippen molar-refractivity contribution in [2.24, 2.45) is 5.92 Å². The molecule has 1 aliphatic rings. The van der Waals surface area contributed by atoms with Crippen molar-refractivity contribution >= 4 is 5.69 Å². The van der Waals surface area contributed by atoms with Gasteiger partial charge in [0.2, 0.25) is 0 Å². The number of nitrogens with zero attached hydrogens (tertiary/aromatic N) is 2. The monoisotopic (exact) mass is 268 g/mol. The zero-order chi connectivity index (χ0) is 14.2. The Balaban J connectivity index is 2.40. The van der Waals surface area contributed by atoms with Crippen molar-refractivity contribution in [1.29, 1.82) is 5.26 Å². The maximum Gasteiger partial charge on any atom is 0.416 e. The van der Waals surface area contributed by atoms with Crippen molar-refractivity contribution in [2.45, 2.75) is 32.5 Å². The van der Waals surface area contributed by atoms with E-state index in [1.165, 1.54) is 6.07 Å². The number of hydrogen-bond donors (Lipinski definition) is 0. The molecule has 0 amide bonds. The zero-order valence-corrected chi connectivity index (χ0v) is 10.8. The standard InChI is InChI=1S/C14H15F3N2/c1-9-5-10(2)19(8-9)13-4-3-12(14(15,16)17)6-11(13)7-18/h3-4,6,9-10H,5,8H2,1-2H3. The number of alkyl halides is 3. The molecule has 0 aliphatic carbocycles. The molecule has 19 heavy (non-hydrogen) atoms. The number of nitriles is 1. The summed E-state index contributed by atoms with van der Waals surface area (Å²) < 4.78 is 37.9. The third-order valence-electron chi connectivity index (χ3n) is 3.54. The summed E-state index contributed by atoms with van der Waals surface area (Å²) in [6.45, 7) is 4.91. The van der Waals surface area contributed by atoms with Crippen molar-refractivity contribution in [1.82, 2.24) is 0 Å². The highest BCUT2D eigenvalue weighted by Gasteiger charge is 2.33. The molecule has 0 spiro atoms. The van der Waals surface area contributed by atoms with Gasteiger partial charge in [-0.2, -0.15) is 18.4 Å². The minimum atomic E-state index is -4.41. The van der Waals surface area contributed by atoms with Gasteiger partial charge in [0.15, 0.2) is 0 Å². The molecule has 0 saturated carbocycles. The Morgan fingerprint density at radius 1 is 1.32 bits per heavy atom. The van der Waals surface area contributed by atoms with Gasteiger partial charge in [-0.15, -0.1) is 0 Å². The van der Waals surface area contributed by atoms with E-state index in [-0.39, 0.29) is 11.6 Å². The lowest BCUT2D eigenvalue weighted by Crippen LogP contribution is -2.27. The van der Waals surface area contributed by atoms with Crippen LogP contribution >= 0.6 is 0 Å². The minimum absolute atomic E-state index is 0.0933. The second kappa shape index (κ2) is 4.76. The van der Waals surface area contributed by atoms with Crippen molar-refractivity contribution < 1.29 is 13.2 Å². The van der Waals surface area contributed by atoms with E-state index in [1.807, 2.05) is 17.9 Å². The highest BCUT2D eigenvalue weighted by atomic mass is 19.4. The third-order valence-corrected chi connectivity index (χ3v) is 3.54. The number of benzene rings is 1. The Morgan fingerprint density at radius 2 is 2.00 bits per heavy atom. The highest BCUT2D eigenvalue weighted by molar-refractivity contribution is 5.62. The lowest BCUT2D eigenvalue weighted by atomic mass is 10.1. The van der Waals surface area contributed by atoms with Crippen LogP contribution in [0.2, 0.25) is 0 Å². The molecule has 1 aromatic carbocycles. The molecule has 1 fully saturated rings. The lowest BCUT2D eigenvalue weighted by molar-refractivity contribution is -0.137. The number of halogens is 3. The summed E-state index contributed by atoms with van der Waals surface area (Å²) >= 11 is 0. The van der Waals surface area contributed by atoms with Crippen molar-refractivity contribution in [2.75, 3.05) is 11.4 Å². The number of anilines is 1. The minimum Gasteiger partial charge on any atom is -0.367 e. The average molecular weight is 268 g/mol. The molecule has 1 aromatic rings. The number of hydrogen-bond acceptors (Lipinski definition) is 2. The van der Waals surface area contributed by atoms with Crippen LogP contribution in [0.1, 0.15) is 31.4 Å². The molecule has 2 unspecified atom stereocenters. The molecule has 1 saturated heterocycles. The Bertz CT molecular complexity index is 516. The molecule has 1 heterocycles. The van der Waals surface area contributed by atoms with Gasteiger partial charge in [-0.05, 0) is 37.5 Å². The van der Waals surface area contributed by atoms with Gasteiger partial charge in [0.25, 0.3) is 0 Å². The highest BCUT2D eigenvalue weighted by Crippen LogP contribution is 2.35. The summed E-state index contributed by atoms with van der Waals surface area (Å²) in [7, 11) is 0. The van der Waals surface area contributed by atoms with Crippen LogP contribution in [0.15, 0.2) is 18.2 Å². The van der Waals surface area contributed by atoms with Crippen LogP contribution in [0.5, 0.6) is 0 Å². The van der Waals surface area contributed by atoms with E-state index in [0.717, 1.165) is 25.1 Å². The fraction of sp³-hybridized carbons (Fsp3) is 0.500. The fourth-order valence-electron chi connectivity index (χ4n) is 2.69. The van der Waals surface area contributed by atoms with Crippen LogP contribution in [-0.4, -0.2) is 12.6 Å². The van der Waals surface area contributed by atoms with E-state index >= 15 is 0 Å². The summed E-state index contributed by atoms with van der Waals surface area (Å²) in [5.41, 5.74) is -0.0733. The predicted molar refractivity (Wildman–Crippen MR) is 66.7 cm³/mol. The number of rotatable bonds is 1. The van der Waals surface area contributed by atoms with E-state index in [1.54, 1.807) is 0 Å². The van der Waals surface area contributed by atoms with Gasteiger partial charge in [-0.1, -0.05) is 6.92 Å². The van der Waals surface area contributed by atoms with Crippen molar-refractivity contribution in [3.63, 3.8) is 0 Å². The first-order valence-corrected chi connectivity index (χ1v) is 6.21. The van der Waals surface area contributed by atoms with E-state index in [9.17, 15) is 13.2 Å². The van der Waals surface area contributed by atoms with Crippen LogP contribution < -0.4 is 4.90 Å². The molecule has 2 nitrogen and oxygen atoms in total. The van der Waals surface area contributed by atoms with Gasteiger partial charge in [-0.3, -0.25) is 0 Å². The van der Waals surface area contributed by atoms with Crippen molar-refractivity contribution in [3.05, 3.63) is 29.3 Å². The molecule has 0 aromatic heterocycles. The van der Waals surface area contributed by atoms with Crippen LogP contribution in [0, 0.1) is 17.2 Å². The van der Waals surface area contributed by atoms with Crippen LogP contribution in [0.4, 0.5) is 18.9 Å². The molecule has 0 radical (unpaired) electrons. The second-order valence-corrected chi connectivity index (χ2v) is 5.18. The molecule has 2 rings (SSSR count). The van der Waals surface area contributed by atoms with E-state index < -0.39 is 11.7 Å². The van der Waals surface area contributed by atoms with E-state index in [0.29, 0.717) is 11.6 Å². The first kappa shape index (κ1) is 13.7. The topological polar surface area (TPSA) is 27.0 Å². The predicted octanol–water partition coefficient (Wildman–Crippen LogP) is 3.81. The summed E-state index contributed by atoms with van der Waals surface area (Å²) in [5.74, 6) is 0.490. The Hall–Kier alpha value is -1.70. The molecule has 5 heteroatoms. The molecule has 1 aliphatic heterocycles. The molecule has 2 atom stereocenters. The fourth-order valence-corrected chi connectivity index (χ4v) is 2.69. The van der Waals surface area contributed by atoms with Gasteiger partial charge in [0, 0.05) is 12.6 Å². The maximum absolute atomic E-state index is 12.6. The van der Waals surface area contributed by atoms with E-state index in [2.05, 4.69) is 6.92 Å². The molecular weight excluding hydrogens is 253 g/mol. The van der Waals surface area contributed by atoms with Gasteiger partial charge < -0.3 is 4.90 Å². The van der Waals surface area contributed by atoms with Gasteiger partial charge >= 0.3 is 6.18 Å². The lowest BCUT2D eigenvalue weighted by Gasteiger charge is -2.25. The third kappa shape index (κ3) is 2.67. The Kier molecular flexibility index (Phi) is 3.44. The first-order chi connectivity index (χ1) is 8.82. The summed E-state index contributed by atoms with van der Waals surface area (Å²) in [4.78, 5) is 2.02. The molecule has 102 valence electrons. The molecular formula is C14H15F3N2. The molecule has 0 N–H and O–H groups in total. The normalized spacial score (nSPS) is 23.5. The quantitative estimate of drug-likeness (QED) is 0.774. The summed E-state index contributed by atoms with van der Waals surface area (Å²) in [6, 6.07) is 5.52. The largest absolute Gasteiger partial charge is 0.416 e. The smallest absolute Gasteiger partial charge is 0.367 e. The Labute approximate surface area is 110 Å². The maximum atomic E-state index is 12.6. The zero-order valence-electron chi connectivity index (χ0n) is 10.8. The SMILES string of the molecule is CC1CC(C)N(c2ccc(C(F)(F)F)cc2C#N)C1. The van der Waals surface area contributed by atoms with Crippen LogP contribution in [0.25, 0.3) is 0 Å². The van der Waals surface area contributed by atoms with Gasteiger partial charge in [0.1, 0.15) is 6.07 Å². The van der Waals surface area contributed by atoms with Crippen molar-refractivity contribution in [3.8, 4) is 6.07 Å². The van der Waals surface area contributed by atoms with Gasteiger partial charge in [-0.25, -0.2) is 0 Å².